The summed E-state index contributed by atoms with van der Waals surface area (Å²) in [5.41, 5.74) is 0. The zero-order valence-electron chi connectivity index (χ0n) is 9.19. The molecular weight excluding hydrogens is 402 g/mol. The van der Waals surface area contributed by atoms with Gasteiger partial charge >= 0.3 is 0 Å². The fourth-order valence-corrected chi connectivity index (χ4v) is 3.74. The van der Waals surface area contributed by atoms with Crippen molar-refractivity contribution in [3.8, 4) is 5.75 Å². The zero-order valence-corrected chi connectivity index (χ0v) is 13.9. The number of rotatable bonds is 5. The van der Waals surface area contributed by atoms with Gasteiger partial charge in [0.2, 0.25) is 0 Å². The summed E-state index contributed by atoms with van der Waals surface area (Å²) in [7, 11) is 1.95. The Hall–Kier alpha value is 0.420. The van der Waals surface area contributed by atoms with E-state index in [-0.39, 0.29) is 0 Å². The molecule has 90 valence electrons. The topological polar surface area (TPSA) is 21.3 Å². The third-order valence-electron chi connectivity index (χ3n) is 2.29. The van der Waals surface area contributed by atoms with E-state index in [1.165, 1.54) is 0 Å². The van der Waals surface area contributed by atoms with Crippen LogP contribution in [-0.4, -0.2) is 19.7 Å². The second-order valence-corrected chi connectivity index (χ2v) is 6.03. The van der Waals surface area contributed by atoms with Crippen molar-refractivity contribution in [2.45, 2.75) is 19.4 Å². The third kappa shape index (κ3) is 4.02. The first kappa shape index (κ1) is 14.5. The standard InChI is InChI=1S/C11H14Br3NO/c1-3-8(15-2)6-16-11-9(13)4-7(12)5-10(11)14/h4-5,8,15H,3,6H2,1-2H3. The van der Waals surface area contributed by atoms with Crippen molar-refractivity contribution < 1.29 is 4.74 Å². The number of benzene rings is 1. The first-order valence-electron chi connectivity index (χ1n) is 5.03. The van der Waals surface area contributed by atoms with Crippen LogP contribution in [0.5, 0.6) is 5.75 Å². The van der Waals surface area contributed by atoms with E-state index >= 15 is 0 Å². The maximum Gasteiger partial charge on any atom is 0.147 e. The fourth-order valence-electron chi connectivity index (χ4n) is 1.26. The smallest absolute Gasteiger partial charge is 0.147 e. The summed E-state index contributed by atoms with van der Waals surface area (Å²) in [6, 6.07) is 4.32. The van der Waals surface area contributed by atoms with E-state index in [0.29, 0.717) is 12.6 Å². The second kappa shape index (κ2) is 6.99. The summed E-state index contributed by atoms with van der Waals surface area (Å²) in [4.78, 5) is 0. The van der Waals surface area contributed by atoms with Gasteiger partial charge in [-0.3, -0.25) is 0 Å². The Morgan fingerprint density at radius 2 is 1.81 bits per heavy atom. The molecule has 1 atom stereocenters. The lowest BCUT2D eigenvalue weighted by molar-refractivity contribution is 0.264. The molecule has 0 aliphatic heterocycles. The van der Waals surface area contributed by atoms with Crippen molar-refractivity contribution in [3.63, 3.8) is 0 Å². The number of hydrogen-bond donors (Lipinski definition) is 1. The maximum atomic E-state index is 5.79. The molecule has 1 aromatic rings. The molecule has 0 aromatic heterocycles. The van der Waals surface area contributed by atoms with Crippen molar-refractivity contribution in [3.05, 3.63) is 25.6 Å². The van der Waals surface area contributed by atoms with Crippen molar-refractivity contribution in [1.29, 1.82) is 0 Å². The van der Waals surface area contributed by atoms with E-state index in [1.807, 2.05) is 19.2 Å². The van der Waals surface area contributed by atoms with Gasteiger partial charge in [0.1, 0.15) is 12.4 Å². The molecule has 1 rings (SSSR count). The van der Waals surface area contributed by atoms with Crippen LogP contribution >= 0.6 is 47.8 Å². The van der Waals surface area contributed by atoms with Gasteiger partial charge in [0, 0.05) is 10.5 Å². The Labute approximate surface area is 122 Å². The molecule has 2 nitrogen and oxygen atoms in total. The summed E-state index contributed by atoms with van der Waals surface area (Å²) < 4.78 is 8.69. The molecular formula is C11H14Br3NO. The highest BCUT2D eigenvalue weighted by molar-refractivity contribution is 9.11. The van der Waals surface area contributed by atoms with Crippen LogP contribution in [0.2, 0.25) is 0 Å². The minimum absolute atomic E-state index is 0.377. The van der Waals surface area contributed by atoms with E-state index in [9.17, 15) is 0 Å². The van der Waals surface area contributed by atoms with Crippen molar-refractivity contribution >= 4 is 47.8 Å². The monoisotopic (exact) mass is 413 g/mol. The Balaban J connectivity index is 2.74. The molecule has 0 amide bonds. The van der Waals surface area contributed by atoms with Crippen LogP contribution in [0.4, 0.5) is 0 Å². The van der Waals surface area contributed by atoms with E-state index in [2.05, 4.69) is 60.0 Å². The average molecular weight is 416 g/mol. The zero-order chi connectivity index (χ0) is 12.1. The van der Waals surface area contributed by atoms with Crippen LogP contribution < -0.4 is 10.1 Å². The number of halogens is 3. The number of nitrogens with one attached hydrogen (secondary N) is 1. The van der Waals surface area contributed by atoms with Gasteiger partial charge in [-0.25, -0.2) is 0 Å². The summed E-state index contributed by atoms with van der Waals surface area (Å²) >= 11 is 10.4. The SMILES string of the molecule is CCC(COc1c(Br)cc(Br)cc1Br)NC. The normalized spacial score (nSPS) is 12.6. The Morgan fingerprint density at radius 3 is 2.25 bits per heavy atom. The molecule has 0 saturated carbocycles. The quantitative estimate of drug-likeness (QED) is 0.771. The minimum Gasteiger partial charge on any atom is -0.490 e. The highest BCUT2D eigenvalue weighted by Gasteiger charge is 2.10. The molecule has 0 aliphatic rings. The first-order valence-corrected chi connectivity index (χ1v) is 7.41. The molecule has 0 bridgehead atoms. The lowest BCUT2D eigenvalue weighted by Gasteiger charge is -2.16. The Morgan fingerprint density at radius 1 is 1.25 bits per heavy atom. The number of likely N-dealkylation sites (N-methyl/N-ethyl adjacent to an activating group) is 1. The molecule has 16 heavy (non-hydrogen) atoms. The van der Waals surface area contributed by atoms with E-state index in [4.69, 9.17) is 4.74 Å². The summed E-state index contributed by atoms with van der Waals surface area (Å²) in [5.74, 6) is 0.844. The molecule has 1 N–H and O–H groups in total. The second-order valence-electron chi connectivity index (χ2n) is 3.40. The van der Waals surface area contributed by atoms with E-state index < -0.39 is 0 Å². The van der Waals surface area contributed by atoms with Crippen LogP contribution in [0, 0.1) is 0 Å². The molecule has 5 heteroatoms. The van der Waals surface area contributed by atoms with Crippen LogP contribution in [-0.2, 0) is 0 Å². The van der Waals surface area contributed by atoms with Gasteiger partial charge in [0.05, 0.1) is 8.95 Å². The van der Waals surface area contributed by atoms with Gasteiger partial charge in [-0.15, -0.1) is 0 Å². The van der Waals surface area contributed by atoms with E-state index in [1.54, 1.807) is 0 Å². The lowest BCUT2D eigenvalue weighted by atomic mass is 10.2. The molecule has 1 unspecified atom stereocenters. The van der Waals surface area contributed by atoms with E-state index in [0.717, 1.165) is 25.6 Å². The average Bonchev–Trinajstić information content (AvgIpc) is 2.22. The van der Waals surface area contributed by atoms with Crippen LogP contribution in [0.25, 0.3) is 0 Å². The Bertz CT molecular complexity index is 330. The summed E-state index contributed by atoms with van der Waals surface area (Å²) in [5, 5.41) is 3.21. The van der Waals surface area contributed by atoms with Gasteiger partial charge in [-0.05, 0) is 57.5 Å². The minimum atomic E-state index is 0.377. The van der Waals surface area contributed by atoms with Gasteiger partial charge in [0.15, 0.2) is 0 Å². The van der Waals surface area contributed by atoms with Gasteiger partial charge in [0.25, 0.3) is 0 Å². The summed E-state index contributed by atoms with van der Waals surface area (Å²) in [6.07, 6.45) is 1.04. The highest BCUT2D eigenvalue weighted by atomic mass is 79.9. The largest absolute Gasteiger partial charge is 0.490 e. The first-order chi connectivity index (χ1) is 7.58. The molecule has 0 heterocycles. The molecule has 0 aliphatic carbocycles. The molecule has 0 saturated heterocycles. The molecule has 0 fully saturated rings. The predicted octanol–water partition coefficient (Wildman–Crippen LogP) is 4.35. The number of hydrogen-bond acceptors (Lipinski definition) is 2. The van der Waals surface area contributed by atoms with Crippen molar-refractivity contribution in [2.75, 3.05) is 13.7 Å². The maximum absolute atomic E-state index is 5.79. The lowest BCUT2D eigenvalue weighted by Crippen LogP contribution is -2.30. The van der Waals surface area contributed by atoms with Gasteiger partial charge in [-0.1, -0.05) is 22.9 Å². The predicted molar refractivity (Wildman–Crippen MR) is 78.2 cm³/mol. The van der Waals surface area contributed by atoms with Crippen LogP contribution in [0.1, 0.15) is 13.3 Å². The summed E-state index contributed by atoms with van der Waals surface area (Å²) in [6.45, 7) is 2.79. The molecule has 0 radical (unpaired) electrons. The fraction of sp³-hybridized carbons (Fsp3) is 0.455. The highest BCUT2D eigenvalue weighted by Crippen LogP contribution is 2.36. The molecule has 1 aromatic carbocycles. The number of ether oxygens (including phenoxy) is 1. The molecule has 0 spiro atoms. The van der Waals surface area contributed by atoms with Gasteiger partial charge in [-0.2, -0.15) is 0 Å². The van der Waals surface area contributed by atoms with Crippen molar-refractivity contribution in [1.82, 2.24) is 5.32 Å². The Kier molecular flexibility index (Phi) is 6.32. The van der Waals surface area contributed by atoms with Gasteiger partial charge < -0.3 is 10.1 Å². The van der Waals surface area contributed by atoms with Crippen molar-refractivity contribution in [2.24, 2.45) is 0 Å². The van der Waals surface area contributed by atoms with Crippen LogP contribution in [0.3, 0.4) is 0 Å². The third-order valence-corrected chi connectivity index (χ3v) is 3.93. The van der Waals surface area contributed by atoms with Crippen LogP contribution in [0.15, 0.2) is 25.6 Å².